The van der Waals surface area contributed by atoms with Crippen LogP contribution >= 0.6 is 0 Å². The maximum Gasteiger partial charge on any atom is 0.253 e. The molecule has 0 aliphatic carbocycles. The smallest absolute Gasteiger partial charge is 0.253 e. The first-order chi connectivity index (χ1) is 14.9. The van der Waals surface area contributed by atoms with Gasteiger partial charge in [-0.15, -0.1) is 0 Å². The number of carbonyl (C=O) groups is 2. The zero-order valence-electron chi connectivity index (χ0n) is 18.2. The highest BCUT2D eigenvalue weighted by Crippen LogP contribution is 2.27. The molecule has 3 heterocycles. The lowest BCUT2D eigenvalue weighted by molar-refractivity contribution is -0.129. The van der Waals surface area contributed by atoms with Crippen molar-refractivity contribution in [3.8, 4) is 0 Å². The normalized spacial score (nSPS) is 19.0. The van der Waals surface area contributed by atoms with Gasteiger partial charge in [-0.05, 0) is 57.7 Å². The number of aryl methyl sites for hydroxylation is 2. The van der Waals surface area contributed by atoms with Crippen LogP contribution in [0.5, 0.6) is 0 Å². The van der Waals surface area contributed by atoms with Crippen molar-refractivity contribution < 1.29 is 14.0 Å². The highest BCUT2D eigenvalue weighted by atomic mass is 19.1. The first-order valence-electron chi connectivity index (χ1n) is 11.1. The van der Waals surface area contributed by atoms with Gasteiger partial charge in [0.25, 0.3) is 5.91 Å². The second-order valence-corrected chi connectivity index (χ2v) is 8.60. The molecule has 0 saturated carbocycles. The molecule has 2 aromatic rings. The monoisotopic (exact) mass is 424 g/mol. The third-order valence-corrected chi connectivity index (χ3v) is 6.37. The van der Waals surface area contributed by atoms with Gasteiger partial charge in [-0.1, -0.05) is 6.07 Å². The van der Waals surface area contributed by atoms with E-state index in [0.29, 0.717) is 25.1 Å². The van der Waals surface area contributed by atoms with Crippen molar-refractivity contribution in [2.75, 3.05) is 26.2 Å². The Labute approximate surface area is 182 Å². The van der Waals surface area contributed by atoms with Gasteiger partial charge < -0.3 is 9.80 Å². The third-order valence-electron chi connectivity index (χ3n) is 6.37. The van der Waals surface area contributed by atoms with Gasteiger partial charge in [-0.25, -0.2) is 14.4 Å². The standard InChI is InChI=1S/C24H29FN4O2/c1-16-21(14-22(30)28-10-3-4-11-28)17(2)27-23(26-16)19-8-6-12-29(15-19)24(31)18-7-5-9-20(25)13-18/h5,7,9,13,19H,3-4,6,8,10-12,14-15H2,1-2H3/t19-/m1/s1. The summed E-state index contributed by atoms with van der Waals surface area (Å²) in [5, 5.41) is 0. The zero-order valence-corrected chi connectivity index (χ0v) is 18.2. The van der Waals surface area contributed by atoms with Crippen LogP contribution in [0, 0.1) is 19.7 Å². The molecule has 0 radical (unpaired) electrons. The Bertz CT molecular complexity index is 964. The van der Waals surface area contributed by atoms with Gasteiger partial charge in [0.1, 0.15) is 11.6 Å². The van der Waals surface area contributed by atoms with Gasteiger partial charge in [-0.3, -0.25) is 9.59 Å². The molecule has 2 fully saturated rings. The minimum absolute atomic E-state index is 0.0343. The van der Waals surface area contributed by atoms with E-state index in [1.54, 1.807) is 17.0 Å². The molecule has 2 aliphatic heterocycles. The topological polar surface area (TPSA) is 66.4 Å². The number of hydrogen-bond donors (Lipinski definition) is 0. The molecule has 7 heteroatoms. The van der Waals surface area contributed by atoms with Crippen LogP contribution in [0.4, 0.5) is 4.39 Å². The molecule has 6 nitrogen and oxygen atoms in total. The Kier molecular flexibility index (Phi) is 6.30. The summed E-state index contributed by atoms with van der Waals surface area (Å²) in [7, 11) is 0. The molecular formula is C24H29FN4O2. The van der Waals surface area contributed by atoms with Crippen LogP contribution in [0.25, 0.3) is 0 Å². The second-order valence-electron chi connectivity index (χ2n) is 8.60. The van der Waals surface area contributed by atoms with Gasteiger partial charge in [0.2, 0.25) is 5.91 Å². The Morgan fingerprint density at radius 1 is 1.03 bits per heavy atom. The van der Waals surface area contributed by atoms with E-state index >= 15 is 0 Å². The van der Waals surface area contributed by atoms with E-state index in [9.17, 15) is 14.0 Å². The maximum atomic E-state index is 13.5. The Hall–Kier alpha value is -2.83. The maximum absolute atomic E-state index is 13.5. The van der Waals surface area contributed by atoms with E-state index in [1.807, 2.05) is 18.7 Å². The molecule has 0 spiro atoms. The molecule has 2 aliphatic rings. The zero-order chi connectivity index (χ0) is 22.0. The summed E-state index contributed by atoms with van der Waals surface area (Å²) in [6.07, 6.45) is 4.24. The summed E-state index contributed by atoms with van der Waals surface area (Å²) < 4.78 is 13.5. The van der Waals surface area contributed by atoms with E-state index in [-0.39, 0.29) is 17.7 Å². The lowest BCUT2D eigenvalue weighted by Crippen LogP contribution is -2.39. The van der Waals surface area contributed by atoms with Crippen LogP contribution in [-0.4, -0.2) is 57.8 Å². The minimum atomic E-state index is -0.409. The van der Waals surface area contributed by atoms with Crippen molar-refractivity contribution in [1.82, 2.24) is 19.8 Å². The molecule has 1 aromatic carbocycles. The van der Waals surface area contributed by atoms with Crippen LogP contribution in [0.15, 0.2) is 24.3 Å². The number of halogens is 1. The molecule has 1 aromatic heterocycles. The highest BCUT2D eigenvalue weighted by Gasteiger charge is 2.28. The van der Waals surface area contributed by atoms with Crippen molar-refractivity contribution in [2.24, 2.45) is 0 Å². The molecule has 0 N–H and O–H groups in total. The summed E-state index contributed by atoms with van der Waals surface area (Å²) in [6.45, 7) is 6.71. The molecular weight excluding hydrogens is 395 g/mol. The molecule has 0 unspecified atom stereocenters. The molecule has 4 rings (SSSR count). The predicted octanol–water partition coefficient (Wildman–Crippen LogP) is 3.42. The number of amides is 2. The summed E-state index contributed by atoms with van der Waals surface area (Å²) in [5.74, 6) is 0.333. The van der Waals surface area contributed by atoms with E-state index in [0.717, 1.165) is 61.5 Å². The Balaban J connectivity index is 1.48. The van der Waals surface area contributed by atoms with Crippen LogP contribution < -0.4 is 0 Å². The van der Waals surface area contributed by atoms with E-state index in [2.05, 4.69) is 0 Å². The number of hydrogen-bond acceptors (Lipinski definition) is 4. The highest BCUT2D eigenvalue weighted by molar-refractivity contribution is 5.94. The lowest BCUT2D eigenvalue weighted by Gasteiger charge is -2.32. The first-order valence-corrected chi connectivity index (χ1v) is 11.1. The van der Waals surface area contributed by atoms with Gasteiger partial charge in [0, 0.05) is 54.6 Å². The Morgan fingerprint density at radius 2 is 1.71 bits per heavy atom. The van der Waals surface area contributed by atoms with Crippen molar-refractivity contribution in [3.05, 3.63) is 58.4 Å². The predicted molar refractivity (Wildman–Crippen MR) is 115 cm³/mol. The number of likely N-dealkylation sites (tertiary alicyclic amines) is 2. The van der Waals surface area contributed by atoms with Crippen LogP contribution in [0.2, 0.25) is 0 Å². The van der Waals surface area contributed by atoms with Gasteiger partial charge in [0.05, 0.1) is 6.42 Å². The van der Waals surface area contributed by atoms with Crippen LogP contribution in [0.1, 0.15) is 64.7 Å². The number of aromatic nitrogens is 2. The van der Waals surface area contributed by atoms with Crippen molar-refractivity contribution in [2.45, 2.75) is 51.9 Å². The largest absolute Gasteiger partial charge is 0.342 e. The SMILES string of the molecule is Cc1nc([C@@H]2CCCN(C(=O)c3cccc(F)c3)C2)nc(C)c1CC(=O)N1CCCC1. The molecule has 2 saturated heterocycles. The van der Waals surface area contributed by atoms with Crippen LogP contribution in [0.3, 0.4) is 0 Å². The molecule has 2 amide bonds. The fourth-order valence-electron chi connectivity index (χ4n) is 4.61. The van der Waals surface area contributed by atoms with E-state index in [1.165, 1.54) is 12.1 Å². The van der Waals surface area contributed by atoms with E-state index < -0.39 is 5.82 Å². The van der Waals surface area contributed by atoms with Gasteiger partial charge >= 0.3 is 0 Å². The second kappa shape index (κ2) is 9.12. The first kappa shape index (κ1) is 21.4. The minimum Gasteiger partial charge on any atom is -0.342 e. The average Bonchev–Trinajstić information content (AvgIpc) is 3.31. The molecule has 1 atom stereocenters. The molecule has 31 heavy (non-hydrogen) atoms. The summed E-state index contributed by atoms with van der Waals surface area (Å²) in [4.78, 5) is 38.6. The summed E-state index contributed by atoms with van der Waals surface area (Å²) >= 11 is 0. The van der Waals surface area contributed by atoms with Gasteiger partial charge in [0.15, 0.2) is 0 Å². The molecule has 164 valence electrons. The third kappa shape index (κ3) is 4.75. The quantitative estimate of drug-likeness (QED) is 0.754. The van der Waals surface area contributed by atoms with Crippen LogP contribution in [-0.2, 0) is 11.2 Å². The van der Waals surface area contributed by atoms with Crippen molar-refractivity contribution >= 4 is 11.8 Å². The van der Waals surface area contributed by atoms with Crippen molar-refractivity contribution in [3.63, 3.8) is 0 Å². The van der Waals surface area contributed by atoms with E-state index in [4.69, 9.17) is 9.97 Å². The Morgan fingerprint density at radius 3 is 2.39 bits per heavy atom. The van der Waals surface area contributed by atoms with Gasteiger partial charge in [-0.2, -0.15) is 0 Å². The number of benzene rings is 1. The number of rotatable bonds is 4. The summed E-state index contributed by atoms with van der Waals surface area (Å²) in [6, 6.07) is 5.82. The number of carbonyl (C=O) groups excluding carboxylic acids is 2. The number of piperidine rings is 1. The average molecular weight is 425 g/mol. The number of nitrogens with zero attached hydrogens (tertiary/aromatic N) is 4. The van der Waals surface area contributed by atoms with Crippen molar-refractivity contribution in [1.29, 1.82) is 0 Å². The summed E-state index contributed by atoms with van der Waals surface area (Å²) in [5.41, 5.74) is 2.95. The fourth-order valence-corrected chi connectivity index (χ4v) is 4.61. The fraction of sp³-hybridized carbons (Fsp3) is 0.500. The molecule has 0 bridgehead atoms. The lowest BCUT2D eigenvalue weighted by atomic mass is 9.95.